The Hall–Kier alpha value is -0.280. The molecule has 4 heteroatoms. The number of hydrogen-bond donors (Lipinski definition) is 0. The fourth-order valence-corrected chi connectivity index (χ4v) is 0.621. The zero-order valence-electron chi connectivity index (χ0n) is 7.67. The van der Waals surface area contributed by atoms with Crippen LogP contribution in [0.15, 0.2) is 0 Å². The molecule has 0 rings (SSSR count). The first-order valence-corrected chi connectivity index (χ1v) is 4.35. The van der Waals surface area contributed by atoms with Crippen LogP contribution in [-0.4, -0.2) is 31.2 Å². The zero-order chi connectivity index (χ0) is 9.56. The first-order valence-electron chi connectivity index (χ1n) is 3.91. The van der Waals surface area contributed by atoms with Crippen LogP contribution in [0.1, 0.15) is 20.3 Å². The number of esters is 1. The summed E-state index contributed by atoms with van der Waals surface area (Å²) in [5.74, 6) is -0.375. The van der Waals surface area contributed by atoms with Crippen LogP contribution < -0.4 is 0 Å². The summed E-state index contributed by atoms with van der Waals surface area (Å²) in [5.41, 5.74) is 0. The average molecular weight is 195 g/mol. The van der Waals surface area contributed by atoms with Gasteiger partial charge in [-0.1, -0.05) is 0 Å². The summed E-state index contributed by atoms with van der Waals surface area (Å²) < 4.78 is 9.79. The lowest BCUT2D eigenvalue weighted by Crippen LogP contribution is -2.17. The smallest absolute Gasteiger partial charge is 0.323 e. The molecule has 0 saturated carbocycles. The van der Waals surface area contributed by atoms with E-state index < -0.39 is 5.38 Å². The Kier molecular flexibility index (Phi) is 6.11. The van der Waals surface area contributed by atoms with Gasteiger partial charge in [-0.15, -0.1) is 11.6 Å². The minimum Gasteiger partial charge on any atom is -0.464 e. The highest BCUT2D eigenvalue weighted by molar-refractivity contribution is 6.29. The molecule has 0 aliphatic rings. The van der Waals surface area contributed by atoms with Crippen molar-refractivity contribution in [2.75, 3.05) is 13.7 Å². The molecule has 0 aromatic heterocycles. The molecule has 0 bridgehead atoms. The first-order chi connectivity index (χ1) is 5.57. The summed E-state index contributed by atoms with van der Waals surface area (Å²) >= 11 is 5.47. The Labute approximate surface area is 78.0 Å². The minimum atomic E-state index is -0.567. The lowest BCUT2D eigenvalue weighted by atomic mass is 10.3. The first kappa shape index (κ1) is 11.7. The van der Waals surface area contributed by atoms with Crippen LogP contribution in [0, 0.1) is 0 Å². The second-order valence-electron chi connectivity index (χ2n) is 2.62. The molecule has 2 atom stereocenters. The summed E-state index contributed by atoms with van der Waals surface area (Å²) in [5, 5.41) is -0.567. The Morgan fingerprint density at radius 3 is 2.50 bits per heavy atom. The predicted octanol–water partition coefficient (Wildman–Crippen LogP) is 1.58. The summed E-state index contributed by atoms with van der Waals surface area (Å²) in [6.45, 7) is 3.87. The summed E-state index contributed by atoms with van der Waals surface area (Å²) in [6, 6.07) is 0. The van der Waals surface area contributed by atoms with Gasteiger partial charge in [-0.3, -0.25) is 4.79 Å². The van der Waals surface area contributed by atoms with Gasteiger partial charge in [0.2, 0.25) is 0 Å². The van der Waals surface area contributed by atoms with Gasteiger partial charge >= 0.3 is 5.97 Å². The lowest BCUT2D eigenvalue weighted by molar-refractivity contribution is -0.143. The standard InChI is InChI=1S/C8H15ClO3/c1-6(11-3)4-5-12-8(10)7(2)9/h6-7H,4-5H2,1-3H3. The van der Waals surface area contributed by atoms with Crippen LogP contribution in [0.4, 0.5) is 0 Å². The van der Waals surface area contributed by atoms with Crippen molar-refractivity contribution in [2.45, 2.75) is 31.7 Å². The Morgan fingerprint density at radius 1 is 1.50 bits per heavy atom. The van der Waals surface area contributed by atoms with Crippen LogP contribution in [0.3, 0.4) is 0 Å². The highest BCUT2D eigenvalue weighted by Gasteiger charge is 2.10. The molecule has 0 heterocycles. The van der Waals surface area contributed by atoms with E-state index in [4.69, 9.17) is 21.1 Å². The van der Waals surface area contributed by atoms with Gasteiger partial charge in [0.15, 0.2) is 0 Å². The minimum absolute atomic E-state index is 0.114. The molecule has 0 fully saturated rings. The maximum Gasteiger partial charge on any atom is 0.323 e. The lowest BCUT2D eigenvalue weighted by Gasteiger charge is -2.09. The van der Waals surface area contributed by atoms with Crippen LogP contribution >= 0.6 is 11.6 Å². The largest absolute Gasteiger partial charge is 0.464 e. The molecule has 0 aliphatic carbocycles. The molecule has 0 radical (unpaired) electrons. The number of hydrogen-bond acceptors (Lipinski definition) is 3. The van der Waals surface area contributed by atoms with E-state index in [1.807, 2.05) is 6.92 Å². The van der Waals surface area contributed by atoms with E-state index in [9.17, 15) is 4.79 Å². The number of rotatable bonds is 5. The Bertz CT molecular complexity index is 136. The number of ether oxygens (including phenoxy) is 2. The fourth-order valence-electron chi connectivity index (χ4n) is 0.558. The molecule has 0 N–H and O–H groups in total. The third-order valence-electron chi connectivity index (χ3n) is 1.50. The molecule has 0 aliphatic heterocycles. The van der Waals surface area contributed by atoms with Gasteiger partial charge in [-0.05, 0) is 13.8 Å². The summed E-state index contributed by atoms with van der Waals surface area (Å²) in [4.78, 5) is 10.8. The van der Waals surface area contributed by atoms with Crippen molar-refractivity contribution in [2.24, 2.45) is 0 Å². The Balaban J connectivity index is 3.37. The number of carbonyl (C=O) groups is 1. The second kappa shape index (κ2) is 6.26. The molecule has 2 unspecified atom stereocenters. The van der Waals surface area contributed by atoms with Gasteiger partial charge in [-0.2, -0.15) is 0 Å². The van der Waals surface area contributed by atoms with E-state index in [0.29, 0.717) is 13.0 Å². The second-order valence-corrected chi connectivity index (χ2v) is 3.27. The molecular weight excluding hydrogens is 180 g/mol. The van der Waals surface area contributed by atoms with E-state index in [0.717, 1.165) is 0 Å². The molecule has 12 heavy (non-hydrogen) atoms. The van der Waals surface area contributed by atoms with Crippen molar-refractivity contribution in [3.8, 4) is 0 Å². The average Bonchev–Trinajstić information content (AvgIpc) is 2.03. The molecule has 0 spiro atoms. The third-order valence-corrected chi connectivity index (χ3v) is 1.67. The van der Waals surface area contributed by atoms with Crippen molar-refractivity contribution in [3.05, 3.63) is 0 Å². The van der Waals surface area contributed by atoms with E-state index >= 15 is 0 Å². The molecule has 72 valence electrons. The molecular formula is C8H15ClO3. The van der Waals surface area contributed by atoms with E-state index in [1.165, 1.54) is 0 Å². The van der Waals surface area contributed by atoms with Crippen molar-refractivity contribution in [1.29, 1.82) is 0 Å². The number of halogens is 1. The molecule has 0 aromatic rings. The fraction of sp³-hybridized carbons (Fsp3) is 0.875. The predicted molar refractivity (Wildman–Crippen MR) is 47.4 cm³/mol. The normalized spacial score (nSPS) is 15.3. The maximum atomic E-state index is 10.8. The van der Waals surface area contributed by atoms with Gasteiger partial charge in [-0.25, -0.2) is 0 Å². The quantitative estimate of drug-likeness (QED) is 0.493. The van der Waals surface area contributed by atoms with E-state index in [1.54, 1.807) is 14.0 Å². The van der Waals surface area contributed by atoms with Crippen LogP contribution in [-0.2, 0) is 14.3 Å². The van der Waals surface area contributed by atoms with Crippen molar-refractivity contribution < 1.29 is 14.3 Å². The van der Waals surface area contributed by atoms with Gasteiger partial charge in [0, 0.05) is 13.5 Å². The SMILES string of the molecule is COC(C)CCOC(=O)C(C)Cl. The molecule has 0 aromatic carbocycles. The van der Waals surface area contributed by atoms with Gasteiger partial charge in [0.1, 0.15) is 5.38 Å². The van der Waals surface area contributed by atoms with Gasteiger partial charge in [0.25, 0.3) is 0 Å². The monoisotopic (exact) mass is 194 g/mol. The Morgan fingerprint density at radius 2 is 2.08 bits per heavy atom. The highest BCUT2D eigenvalue weighted by Crippen LogP contribution is 2.00. The zero-order valence-corrected chi connectivity index (χ0v) is 8.43. The topological polar surface area (TPSA) is 35.5 Å². The number of methoxy groups -OCH3 is 1. The van der Waals surface area contributed by atoms with Crippen molar-refractivity contribution >= 4 is 17.6 Å². The number of carbonyl (C=O) groups excluding carboxylic acids is 1. The highest BCUT2D eigenvalue weighted by atomic mass is 35.5. The van der Waals surface area contributed by atoms with E-state index in [-0.39, 0.29) is 12.1 Å². The molecule has 0 amide bonds. The van der Waals surface area contributed by atoms with Crippen molar-refractivity contribution in [3.63, 3.8) is 0 Å². The van der Waals surface area contributed by atoms with Crippen LogP contribution in [0.5, 0.6) is 0 Å². The van der Waals surface area contributed by atoms with Crippen LogP contribution in [0.25, 0.3) is 0 Å². The van der Waals surface area contributed by atoms with Gasteiger partial charge in [0.05, 0.1) is 12.7 Å². The van der Waals surface area contributed by atoms with Crippen LogP contribution in [0.2, 0.25) is 0 Å². The molecule has 3 nitrogen and oxygen atoms in total. The summed E-state index contributed by atoms with van der Waals surface area (Å²) in [6.07, 6.45) is 0.815. The van der Waals surface area contributed by atoms with Crippen molar-refractivity contribution in [1.82, 2.24) is 0 Å². The summed E-state index contributed by atoms with van der Waals surface area (Å²) in [7, 11) is 1.62. The third kappa shape index (κ3) is 5.38. The van der Waals surface area contributed by atoms with Gasteiger partial charge < -0.3 is 9.47 Å². The molecule has 0 saturated heterocycles. The number of alkyl halides is 1. The maximum absolute atomic E-state index is 10.8. The van der Waals surface area contributed by atoms with E-state index in [2.05, 4.69) is 0 Å².